The minimum Gasteiger partial charge on any atom is -0.309 e. The predicted molar refractivity (Wildman–Crippen MR) is 244 cm³/mol. The highest BCUT2D eigenvalue weighted by Crippen LogP contribution is 2.51. The second-order valence-corrected chi connectivity index (χ2v) is 18.0. The maximum absolute atomic E-state index is 15.4. The summed E-state index contributed by atoms with van der Waals surface area (Å²) in [6.07, 6.45) is 0. The van der Waals surface area contributed by atoms with E-state index in [9.17, 15) is 0 Å². The molecule has 8 aromatic carbocycles. The Morgan fingerprint density at radius 1 is 0.386 bits per heavy atom. The number of hydrogen-bond donors (Lipinski definition) is 0. The third-order valence-corrected chi connectivity index (χ3v) is 15.1. The third kappa shape index (κ3) is 6.32. The Morgan fingerprint density at radius 3 is 1.37 bits per heavy atom. The van der Waals surface area contributed by atoms with Gasteiger partial charge in [-0.25, -0.2) is 4.98 Å². The summed E-state index contributed by atoms with van der Waals surface area (Å²) in [6, 6.07) is 75.5. The van der Waals surface area contributed by atoms with Crippen molar-refractivity contribution in [1.82, 2.24) is 4.98 Å². The summed E-state index contributed by atoms with van der Waals surface area (Å²) in [7, 11) is -3.17. The SMILES string of the molecule is O=P(c1ccccc1)(c1ccccc1)c1ccc(-c2c(-c3cc(-c4ccccc4)cc(-c4ccccc4)c3)sc3c2c(-c2ccccc2)nc2ccccc23)cc1. The molecule has 0 N–H and O–H groups in total. The van der Waals surface area contributed by atoms with Gasteiger partial charge in [0.15, 0.2) is 7.14 Å². The van der Waals surface area contributed by atoms with Gasteiger partial charge >= 0.3 is 0 Å². The molecule has 0 aliphatic rings. The van der Waals surface area contributed by atoms with Crippen LogP contribution >= 0.6 is 18.5 Å². The molecule has 0 spiro atoms. The minimum absolute atomic E-state index is 0.800. The number of benzene rings is 8. The Morgan fingerprint density at radius 2 is 0.825 bits per heavy atom. The van der Waals surface area contributed by atoms with Crippen molar-refractivity contribution in [2.75, 3.05) is 0 Å². The van der Waals surface area contributed by atoms with Crippen LogP contribution in [0.4, 0.5) is 0 Å². The first-order valence-corrected chi connectivity index (χ1v) is 21.7. The average Bonchev–Trinajstić information content (AvgIpc) is 3.71. The van der Waals surface area contributed by atoms with Crippen molar-refractivity contribution in [3.05, 3.63) is 218 Å². The summed E-state index contributed by atoms with van der Waals surface area (Å²) >= 11 is 1.83. The minimum atomic E-state index is -3.17. The van der Waals surface area contributed by atoms with Gasteiger partial charge in [0, 0.05) is 47.4 Å². The number of aromatic nitrogens is 1. The van der Waals surface area contributed by atoms with Crippen molar-refractivity contribution in [2.24, 2.45) is 0 Å². The van der Waals surface area contributed by atoms with Gasteiger partial charge in [0.25, 0.3) is 0 Å². The zero-order chi connectivity index (χ0) is 38.2. The highest BCUT2D eigenvalue weighted by atomic mass is 32.1. The zero-order valence-electron chi connectivity index (χ0n) is 31.0. The van der Waals surface area contributed by atoms with Gasteiger partial charge in [0.05, 0.1) is 11.2 Å². The molecular formula is C53H36NOPS. The number of rotatable bonds is 8. The normalized spacial score (nSPS) is 11.6. The molecule has 2 aromatic heterocycles. The predicted octanol–water partition coefficient (Wildman–Crippen LogP) is 13.4. The lowest BCUT2D eigenvalue weighted by atomic mass is 9.92. The van der Waals surface area contributed by atoms with Gasteiger partial charge in [-0.3, -0.25) is 0 Å². The molecule has 2 nitrogen and oxygen atoms in total. The number of hydrogen-bond acceptors (Lipinski definition) is 3. The van der Waals surface area contributed by atoms with E-state index in [-0.39, 0.29) is 0 Å². The maximum atomic E-state index is 15.4. The molecule has 0 unspecified atom stereocenters. The van der Waals surface area contributed by atoms with Crippen LogP contribution in [0.2, 0.25) is 0 Å². The molecule has 0 saturated heterocycles. The van der Waals surface area contributed by atoms with Crippen LogP contribution in [0, 0.1) is 0 Å². The summed E-state index contributed by atoms with van der Waals surface area (Å²) in [5.41, 5.74) is 10.9. The van der Waals surface area contributed by atoms with Gasteiger partial charge in [-0.15, -0.1) is 11.3 Å². The molecule has 57 heavy (non-hydrogen) atoms. The van der Waals surface area contributed by atoms with Crippen molar-refractivity contribution in [3.8, 4) is 55.1 Å². The molecule has 0 atom stereocenters. The molecule has 0 fully saturated rings. The summed E-state index contributed by atoms with van der Waals surface area (Å²) in [5.74, 6) is 0. The molecule has 0 aliphatic carbocycles. The van der Waals surface area contributed by atoms with Gasteiger partial charge in [-0.2, -0.15) is 0 Å². The molecule has 0 aliphatic heterocycles. The molecule has 0 saturated carbocycles. The molecule has 2 heterocycles. The first-order valence-electron chi connectivity index (χ1n) is 19.1. The smallest absolute Gasteiger partial charge is 0.171 e. The topological polar surface area (TPSA) is 30.0 Å². The van der Waals surface area contributed by atoms with Crippen LogP contribution in [0.3, 0.4) is 0 Å². The number of pyridine rings is 1. The fraction of sp³-hybridized carbons (Fsp3) is 0. The fourth-order valence-corrected chi connectivity index (χ4v) is 12.0. The van der Waals surface area contributed by atoms with Crippen LogP contribution in [0.5, 0.6) is 0 Å². The fourth-order valence-electron chi connectivity index (χ4n) is 7.98. The van der Waals surface area contributed by atoms with Crippen LogP contribution in [0.25, 0.3) is 76.1 Å². The van der Waals surface area contributed by atoms with Crippen LogP contribution in [0.15, 0.2) is 218 Å². The lowest BCUT2D eigenvalue weighted by Gasteiger charge is -2.20. The molecule has 4 heteroatoms. The Hall–Kier alpha value is -6.64. The average molecular weight is 766 g/mol. The quantitative estimate of drug-likeness (QED) is 0.144. The van der Waals surface area contributed by atoms with E-state index in [2.05, 4.69) is 158 Å². The Balaban J connectivity index is 1.27. The van der Waals surface area contributed by atoms with Crippen LogP contribution in [-0.2, 0) is 4.57 Å². The van der Waals surface area contributed by atoms with Crippen LogP contribution < -0.4 is 15.9 Å². The molecule has 270 valence electrons. The van der Waals surface area contributed by atoms with E-state index in [0.717, 1.165) is 76.2 Å². The second-order valence-electron chi connectivity index (χ2n) is 14.2. The van der Waals surface area contributed by atoms with Crippen molar-refractivity contribution in [3.63, 3.8) is 0 Å². The van der Waals surface area contributed by atoms with E-state index < -0.39 is 7.14 Å². The lowest BCUT2D eigenvalue weighted by molar-refractivity contribution is 0.592. The van der Waals surface area contributed by atoms with E-state index in [1.54, 1.807) is 0 Å². The zero-order valence-corrected chi connectivity index (χ0v) is 32.7. The number of nitrogens with zero attached hydrogens (tertiary/aromatic N) is 1. The molecular weight excluding hydrogens is 730 g/mol. The lowest BCUT2D eigenvalue weighted by Crippen LogP contribution is -2.24. The van der Waals surface area contributed by atoms with Gasteiger partial charge in [0.1, 0.15) is 0 Å². The summed E-state index contributed by atoms with van der Waals surface area (Å²) < 4.78 is 16.6. The molecule has 10 rings (SSSR count). The van der Waals surface area contributed by atoms with Gasteiger partial charge in [0.2, 0.25) is 0 Å². The highest BCUT2D eigenvalue weighted by molar-refractivity contribution is 7.85. The molecule has 0 radical (unpaired) electrons. The monoisotopic (exact) mass is 765 g/mol. The highest BCUT2D eigenvalue weighted by Gasteiger charge is 2.30. The standard InChI is InChI=1S/C53H36NOPS/c55-56(44-24-12-4-13-25-44,45-26-14-5-15-27-45)46-32-30-39(31-33-46)49-50-51(40-22-10-3-11-23-40)54-48-29-17-16-28-47(48)53(50)57-52(49)43-35-41(37-18-6-1-7-19-37)34-42(36-43)38-20-8-2-9-21-38/h1-36H. The first-order chi connectivity index (χ1) is 28.1. The first kappa shape index (κ1) is 34.8. The van der Waals surface area contributed by atoms with Gasteiger partial charge in [-0.1, -0.05) is 194 Å². The third-order valence-electron chi connectivity index (χ3n) is 10.7. The number of fused-ring (bicyclic) bond motifs is 3. The Kier molecular flexibility index (Phi) is 9.03. The van der Waals surface area contributed by atoms with Gasteiger partial charge in [-0.05, 0) is 57.6 Å². The molecule has 0 bridgehead atoms. The maximum Gasteiger partial charge on any atom is 0.171 e. The summed E-state index contributed by atoms with van der Waals surface area (Å²) in [5, 5.41) is 4.68. The van der Waals surface area contributed by atoms with E-state index in [1.807, 2.05) is 72.0 Å². The summed E-state index contributed by atoms with van der Waals surface area (Å²) in [6.45, 7) is 0. The van der Waals surface area contributed by atoms with E-state index in [0.29, 0.717) is 0 Å². The van der Waals surface area contributed by atoms with Crippen molar-refractivity contribution < 1.29 is 4.57 Å². The van der Waals surface area contributed by atoms with Crippen LogP contribution in [-0.4, -0.2) is 4.98 Å². The van der Waals surface area contributed by atoms with Gasteiger partial charge < -0.3 is 4.57 Å². The van der Waals surface area contributed by atoms with E-state index in [4.69, 9.17) is 4.98 Å². The number of para-hydroxylation sites is 1. The largest absolute Gasteiger partial charge is 0.309 e. The van der Waals surface area contributed by atoms with E-state index >= 15 is 4.57 Å². The summed E-state index contributed by atoms with van der Waals surface area (Å²) in [4.78, 5) is 6.56. The van der Waals surface area contributed by atoms with E-state index in [1.165, 1.54) is 15.8 Å². The van der Waals surface area contributed by atoms with Crippen molar-refractivity contribution in [1.29, 1.82) is 0 Å². The second kappa shape index (κ2) is 14.8. The Labute approximate surface area is 336 Å². The Bertz CT molecular complexity index is 2950. The molecule has 0 amide bonds. The van der Waals surface area contributed by atoms with Crippen LogP contribution in [0.1, 0.15) is 0 Å². The number of thiophene rings is 1. The molecule has 10 aromatic rings. The van der Waals surface area contributed by atoms with Crippen molar-refractivity contribution >= 4 is 55.4 Å². The van der Waals surface area contributed by atoms with Crippen molar-refractivity contribution in [2.45, 2.75) is 0 Å².